The fourth-order valence-corrected chi connectivity index (χ4v) is 2.08. The molecule has 0 fully saturated rings. The normalized spacial score (nSPS) is 10.7. The van der Waals surface area contributed by atoms with E-state index in [-0.39, 0.29) is 5.82 Å². The van der Waals surface area contributed by atoms with E-state index in [4.69, 9.17) is 11.6 Å². The smallest absolute Gasteiger partial charge is 0.123 e. The molecule has 1 N–H and O–H groups in total. The molecule has 0 aliphatic rings. The van der Waals surface area contributed by atoms with Crippen molar-refractivity contribution in [3.8, 4) is 0 Å². The molecule has 0 unspecified atom stereocenters. The minimum atomic E-state index is -0.233. The number of nitrogens with one attached hydrogen (secondary N) is 1. The number of unbranched alkanes of at least 4 members (excludes halogenated alkanes) is 1. The molecule has 1 rings (SSSR count). The van der Waals surface area contributed by atoms with E-state index >= 15 is 0 Å². The number of benzene rings is 1. The van der Waals surface area contributed by atoms with Gasteiger partial charge in [0.1, 0.15) is 5.82 Å². The zero-order chi connectivity index (χ0) is 11.8. The highest BCUT2D eigenvalue weighted by Gasteiger charge is 2.01. The highest BCUT2D eigenvalue weighted by molar-refractivity contribution is 7.98. The molecule has 0 saturated carbocycles. The largest absolute Gasteiger partial charge is 0.313 e. The summed E-state index contributed by atoms with van der Waals surface area (Å²) in [5.41, 5.74) is 0.825. The number of rotatable bonds is 7. The summed E-state index contributed by atoms with van der Waals surface area (Å²) in [5.74, 6) is 0.964. The lowest BCUT2D eigenvalue weighted by atomic mass is 10.2. The van der Waals surface area contributed by atoms with E-state index in [0.717, 1.165) is 18.5 Å². The lowest BCUT2D eigenvalue weighted by Gasteiger charge is -2.06. The average Bonchev–Trinajstić information content (AvgIpc) is 2.28. The molecule has 0 saturated heterocycles. The SMILES string of the molecule is CSCCCCNCc1cc(F)ccc1Cl. The number of hydrogen-bond donors (Lipinski definition) is 1. The maximum atomic E-state index is 12.9. The molecule has 0 radical (unpaired) electrons. The van der Waals surface area contributed by atoms with Gasteiger partial charge >= 0.3 is 0 Å². The lowest BCUT2D eigenvalue weighted by Crippen LogP contribution is -2.15. The monoisotopic (exact) mass is 261 g/mol. The van der Waals surface area contributed by atoms with Crippen molar-refractivity contribution >= 4 is 23.4 Å². The van der Waals surface area contributed by atoms with E-state index in [1.807, 2.05) is 11.8 Å². The van der Waals surface area contributed by atoms with Gasteiger partial charge in [0.25, 0.3) is 0 Å². The van der Waals surface area contributed by atoms with Gasteiger partial charge in [-0.1, -0.05) is 11.6 Å². The standard InChI is InChI=1S/C12H17ClFNS/c1-16-7-3-2-6-15-9-10-8-11(14)4-5-12(10)13/h4-5,8,15H,2-3,6-7,9H2,1H3. The summed E-state index contributed by atoms with van der Waals surface area (Å²) < 4.78 is 12.9. The van der Waals surface area contributed by atoms with Crippen LogP contribution in [-0.4, -0.2) is 18.6 Å². The van der Waals surface area contributed by atoms with Crippen molar-refractivity contribution in [1.29, 1.82) is 0 Å². The van der Waals surface area contributed by atoms with Crippen molar-refractivity contribution in [3.63, 3.8) is 0 Å². The number of hydrogen-bond acceptors (Lipinski definition) is 2. The molecule has 0 heterocycles. The van der Waals surface area contributed by atoms with Crippen LogP contribution in [0.25, 0.3) is 0 Å². The fourth-order valence-electron chi connectivity index (χ4n) is 1.40. The second-order valence-corrected chi connectivity index (χ2v) is 5.01. The molecule has 0 atom stereocenters. The van der Waals surface area contributed by atoms with Crippen molar-refractivity contribution in [2.24, 2.45) is 0 Å². The molecule has 4 heteroatoms. The van der Waals surface area contributed by atoms with Crippen LogP contribution in [0, 0.1) is 5.82 Å². The molecule has 0 aliphatic heterocycles. The first-order valence-electron chi connectivity index (χ1n) is 5.37. The molecular formula is C12H17ClFNS. The Labute approximate surface area is 106 Å². The van der Waals surface area contributed by atoms with Gasteiger partial charge in [0.2, 0.25) is 0 Å². The Hall–Kier alpha value is -0.250. The molecule has 1 aromatic carbocycles. The van der Waals surface area contributed by atoms with Crippen LogP contribution in [0.2, 0.25) is 5.02 Å². The Morgan fingerprint density at radius 1 is 1.38 bits per heavy atom. The van der Waals surface area contributed by atoms with Gasteiger partial charge in [-0.25, -0.2) is 4.39 Å². The Kier molecular flexibility index (Phi) is 6.85. The van der Waals surface area contributed by atoms with Crippen molar-refractivity contribution in [1.82, 2.24) is 5.32 Å². The molecule has 0 amide bonds. The van der Waals surface area contributed by atoms with Crippen LogP contribution in [-0.2, 0) is 6.54 Å². The summed E-state index contributed by atoms with van der Waals surface area (Å²) in [6.45, 7) is 1.59. The second kappa shape index (κ2) is 7.93. The Balaban J connectivity index is 2.23. The minimum absolute atomic E-state index is 0.233. The summed E-state index contributed by atoms with van der Waals surface area (Å²) in [6, 6.07) is 4.46. The number of halogens is 2. The minimum Gasteiger partial charge on any atom is -0.313 e. The predicted molar refractivity (Wildman–Crippen MR) is 70.7 cm³/mol. The second-order valence-electron chi connectivity index (χ2n) is 3.61. The maximum Gasteiger partial charge on any atom is 0.123 e. The van der Waals surface area contributed by atoms with Crippen molar-refractivity contribution in [3.05, 3.63) is 34.6 Å². The first-order chi connectivity index (χ1) is 7.74. The van der Waals surface area contributed by atoms with E-state index in [1.165, 1.54) is 24.3 Å². The van der Waals surface area contributed by atoms with Crippen LogP contribution in [0.3, 0.4) is 0 Å². The Morgan fingerprint density at radius 3 is 2.94 bits per heavy atom. The zero-order valence-corrected chi connectivity index (χ0v) is 11.0. The topological polar surface area (TPSA) is 12.0 Å². The molecule has 0 aromatic heterocycles. The van der Waals surface area contributed by atoms with Gasteiger partial charge in [-0.05, 0) is 55.2 Å². The molecular weight excluding hydrogens is 245 g/mol. The summed E-state index contributed by atoms with van der Waals surface area (Å²) in [5, 5.41) is 3.89. The Bertz CT molecular complexity index is 320. The zero-order valence-electron chi connectivity index (χ0n) is 9.43. The van der Waals surface area contributed by atoms with Gasteiger partial charge in [0.15, 0.2) is 0 Å². The highest BCUT2D eigenvalue weighted by Crippen LogP contribution is 2.16. The van der Waals surface area contributed by atoms with Crippen LogP contribution in [0.15, 0.2) is 18.2 Å². The van der Waals surface area contributed by atoms with Crippen molar-refractivity contribution < 1.29 is 4.39 Å². The van der Waals surface area contributed by atoms with Gasteiger partial charge in [0.05, 0.1) is 0 Å². The fraction of sp³-hybridized carbons (Fsp3) is 0.500. The summed E-state index contributed by atoms with van der Waals surface area (Å²) in [4.78, 5) is 0. The van der Waals surface area contributed by atoms with Crippen molar-refractivity contribution in [2.75, 3.05) is 18.6 Å². The van der Waals surface area contributed by atoms with Gasteiger partial charge in [-0.15, -0.1) is 0 Å². The quantitative estimate of drug-likeness (QED) is 0.751. The van der Waals surface area contributed by atoms with Crippen molar-refractivity contribution in [2.45, 2.75) is 19.4 Å². The van der Waals surface area contributed by atoms with Gasteiger partial charge in [-0.2, -0.15) is 11.8 Å². The summed E-state index contributed by atoms with van der Waals surface area (Å²) >= 11 is 7.81. The third-order valence-corrected chi connectivity index (χ3v) is 3.34. The van der Waals surface area contributed by atoms with E-state index < -0.39 is 0 Å². The van der Waals surface area contributed by atoms with Gasteiger partial charge in [0, 0.05) is 11.6 Å². The molecule has 0 spiro atoms. The first-order valence-corrected chi connectivity index (χ1v) is 7.15. The molecule has 0 bridgehead atoms. The average molecular weight is 262 g/mol. The van der Waals surface area contributed by atoms with E-state index in [2.05, 4.69) is 11.6 Å². The summed E-state index contributed by atoms with van der Waals surface area (Å²) in [6.07, 6.45) is 4.47. The van der Waals surface area contributed by atoms with Crippen LogP contribution in [0.4, 0.5) is 4.39 Å². The predicted octanol–water partition coefficient (Wildman–Crippen LogP) is 3.71. The van der Waals surface area contributed by atoms with Gasteiger partial charge < -0.3 is 5.32 Å². The third kappa shape index (κ3) is 5.19. The van der Waals surface area contributed by atoms with Crippen LogP contribution in [0.1, 0.15) is 18.4 Å². The Morgan fingerprint density at radius 2 is 2.19 bits per heavy atom. The first kappa shape index (κ1) is 13.8. The third-order valence-electron chi connectivity index (χ3n) is 2.28. The molecule has 16 heavy (non-hydrogen) atoms. The number of thioether (sulfide) groups is 1. The molecule has 90 valence electrons. The molecule has 1 nitrogen and oxygen atoms in total. The van der Waals surface area contributed by atoms with E-state index in [1.54, 1.807) is 6.07 Å². The van der Waals surface area contributed by atoms with E-state index in [0.29, 0.717) is 11.6 Å². The molecule has 0 aliphatic carbocycles. The van der Waals surface area contributed by atoms with Crippen LogP contribution in [0.5, 0.6) is 0 Å². The molecule has 1 aromatic rings. The van der Waals surface area contributed by atoms with Crippen LogP contribution < -0.4 is 5.32 Å². The van der Waals surface area contributed by atoms with Gasteiger partial charge in [-0.3, -0.25) is 0 Å². The van der Waals surface area contributed by atoms with E-state index in [9.17, 15) is 4.39 Å². The maximum absolute atomic E-state index is 12.9. The highest BCUT2D eigenvalue weighted by atomic mass is 35.5. The lowest BCUT2D eigenvalue weighted by molar-refractivity contribution is 0.615. The summed E-state index contributed by atoms with van der Waals surface area (Å²) in [7, 11) is 0. The van der Waals surface area contributed by atoms with Crippen LogP contribution >= 0.6 is 23.4 Å².